The molecule has 1 aliphatic rings. The molecule has 7 nitrogen and oxygen atoms in total. The summed E-state index contributed by atoms with van der Waals surface area (Å²) in [6.07, 6.45) is 3.09. The van der Waals surface area contributed by atoms with Crippen LogP contribution in [0.25, 0.3) is 5.70 Å². The lowest BCUT2D eigenvalue weighted by Gasteiger charge is -2.13. The van der Waals surface area contributed by atoms with Gasteiger partial charge in [0.2, 0.25) is 3.67 Å². The Morgan fingerprint density at radius 2 is 2.12 bits per heavy atom. The zero-order valence-electron chi connectivity index (χ0n) is 8.79. The average molecular weight is 345 g/mol. The van der Waals surface area contributed by atoms with Crippen molar-refractivity contribution in [1.82, 2.24) is 9.97 Å². The number of ether oxygens (including phenoxy) is 1. The van der Waals surface area contributed by atoms with Crippen molar-refractivity contribution in [2.24, 2.45) is 16.0 Å². The van der Waals surface area contributed by atoms with Gasteiger partial charge in [0, 0.05) is 12.4 Å². The van der Waals surface area contributed by atoms with E-state index >= 15 is 0 Å². The van der Waals surface area contributed by atoms with E-state index in [1.165, 1.54) is 7.11 Å². The van der Waals surface area contributed by atoms with E-state index < -0.39 is 9.64 Å². The number of methoxy groups -OCH3 is 1. The van der Waals surface area contributed by atoms with E-state index in [2.05, 4.69) is 24.9 Å². The van der Waals surface area contributed by atoms with Crippen LogP contribution in [0.3, 0.4) is 0 Å². The summed E-state index contributed by atoms with van der Waals surface area (Å²) in [6.45, 7) is 0. The van der Waals surface area contributed by atoms with Gasteiger partial charge in [0.25, 0.3) is 0 Å². The van der Waals surface area contributed by atoms with E-state index in [-0.39, 0.29) is 11.3 Å². The highest BCUT2D eigenvalue weighted by molar-refractivity contribution is 14.1. The number of hydrogen-bond acceptors (Lipinski definition) is 7. The van der Waals surface area contributed by atoms with Crippen LogP contribution in [0.4, 0.5) is 0 Å². The first kappa shape index (κ1) is 12.0. The first-order valence-corrected chi connectivity index (χ1v) is 5.65. The number of aromatic nitrogens is 2. The molecule has 8 heteroatoms. The molecule has 0 fully saturated rings. The predicted octanol–water partition coefficient (Wildman–Crippen LogP) is 0.874. The molecule has 17 heavy (non-hydrogen) atoms. The van der Waals surface area contributed by atoms with Crippen molar-refractivity contribution in [3.63, 3.8) is 0 Å². The van der Waals surface area contributed by atoms with E-state index in [4.69, 9.17) is 5.73 Å². The maximum atomic E-state index is 11.7. The maximum Gasteiger partial charge on any atom is 0.340 e. The minimum atomic E-state index is -1.24. The first-order chi connectivity index (χ1) is 8.06. The van der Waals surface area contributed by atoms with E-state index in [1.807, 2.05) is 22.6 Å². The fraction of sp³-hybridized carbons (Fsp3) is 0.222. The zero-order chi connectivity index (χ0) is 12.5. The third kappa shape index (κ3) is 2.17. The Kier molecular flexibility index (Phi) is 3.15. The summed E-state index contributed by atoms with van der Waals surface area (Å²) < 4.78 is 3.43. The van der Waals surface area contributed by atoms with Crippen LogP contribution in [0.1, 0.15) is 5.82 Å². The highest BCUT2D eigenvalue weighted by Crippen LogP contribution is 2.37. The Bertz CT molecular complexity index is 511. The number of alkyl halides is 1. The second-order valence-electron chi connectivity index (χ2n) is 3.16. The predicted molar refractivity (Wildman–Crippen MR) is 66.8 cm³/mol. The van der Waals surface area contributed by atoms with Gasteiger partial charge in [0.05, 0.1) is 7.11 Å². The molecule has 0 spiro atoms. The minimum Gasteiger partial charge on any atom is -0.465 e. The third-order valence-corrected chi connectivity index (χ3v) is 2.81. The van der Waals surface area contributed by atoms with Crippen molar-refractivity contribution in [3.8, 4) is 0 Å². The SMILES string of the molecule is COC(=O)C1=C(c2ncccn2)N=NC1(N)I. The smallest absolute Gasteiger partial charge is 0.340 e. The topological polar surface area (TPSA) is 103 Å². The zero-order valence-corrected chi connectivity index (χ0v) is 11.0. The summed E-state index contributed by atoms with van der Waals surface area (Å²) in [7, 11) is 1.27. The molecule has 0 saturated heterocycles. The first-order valence-electron chi connectivity index (χ1n) is 4.57. The van der Waals surface area contributed by atoms with Crippen LogP contribution in [-0.4, -0.2) is 26.7 Å². The Balaban J connectivity index is 2.56. The number of rotatable bonds is 2. The number of nitrogens with zero attached hydrogens (tertiary/aromatic N) is 4. The second kappa shape index (κ2) is 4.45. The second-order valence-corrected chi connectivity index (χ2v) is 4.81. The van der Waals surface area contributed by atoms with E-state index in [0.717, 1.165) is 0 Å². The third-order valence-electron chi connectivity index (χ3n) is 2.05. The maximum absolute atomic E-state index is 11.7. The fourth-order valence-corrected chi connectivity index (χ4v) is 1.89. The van der Waals surface area contributed by atoms with Gasteiger partial charge in [0.15, 0.2) is 5.82 Å². The van der Waals surface area contributed by atoms with Gasteiger partial charge in [-0.05, 0) is 28.7 Å². The van der Waals surface area contributed by atoms with E-state index in [1.54, 1.807) is 18.5 Å². The van der Waals surface area contributed by atoms with Crippen LogP contribution in [0.2, 0.25) is 0 Å². The van der Waals surface area contributed by atoms with Gasteiger partial charge in [-0.25, -0.2) is 14.8 Å². The lowest BCUT2D eigenvalue weighted by atomic mass is 10.1. The Morgan fingerprint density at radius 1 is 1.47 bits per heavy atom. The fourth-order valence-electron chi connectivity index (χ4n) is 1.31. The van der Waals surface area contributed by atoms with Crippen molar-refractivity contribution in [1.29, 1.82) is 0 Å². The summed E-state index contributed by atoms with van der Waals surface area (Å²) in [5, 5.41) is 7.67. The van der Waals surface area contributed by atoms with Crippen molar-refractivity contribution >= 4 is 34.3 Å². The molecule has 0 aromatic carbocycles. The van der Waals surface area contributed by atoms with Crippen LogP contribution in [0.15, 0.2) is 34.3 Å². The van der Waals surface area contributed by atoms with Crippen LogP contribution < -0.4 is 5.73 Å². The highest BCUT2D eigenvalue weighted by atomic mass is 127. The molecule has 1 aromatic rings. The van der Waals surface area contributed by atoms with E-state index in [0.29, 0.717) is 5.82 Å². The lowest BCUT2D eigenvalue weighted by Crippen LogP contribution is -2.34. The van der Waals surface area contributed by atoms with Crippen LogP contribution in [0, 0.1) is 0 Å². The van der Waals surface area contributed by atoms with Gasteiger partial charge in [-0.3, -0.25) is 5.73 Å². The largest absolute Gasteiger partial charge is 0.465 e. The quantitative estimate of drug-likeness (QED) is 0.371. The van der Waals surface area contributed by atoms with Gasteiger partial charge in [-0.15, -0.1) is 10.2 Å². The molecule has 88 valence electrons. The molecule has 0 radical (unpaired) electrons. The van der Waals surface area contributed by atoms with Crippen LogP contribution >= 0.6 is 22.6 Å². The summed E-state index contributed by atoms with van der Waals surface area (Å²) in [5.41, 5.74) is 6.23. The number of azo groups is 1. The molecule has 1 aliphatic heterocycles. The van der Waals surface area contributed by atoms with Gasteiger partial charge in [0.1, 0.15) is 11.3 Å². The van der Waals surface area contributed by atoms with Crippen molar-refractivity contribution in [2.75, 3.05) is 7.11 Å². The molecule has 0 bridgehead atoms. The molecular formula is C9H8IN5O2. The van der Waals surface area contributed by atoms with Crippen LogP contribution in [0.5, 0.6) is 0 Å². The number of nitrogens with two attached hydrogens (primary N) is 1. The molecule has 2 rings (SSSR count). The molecule has 2 heterocycles. The molecule has 1 unspecified atom stereocenters. The Labute approximate surface area is 110 Å². The van der Waals surface area contributed by atoms with Gasteiger partial charge < -0.3 is 4.74 Å². The van der Waals surface area contributed by atoms with Gasteiger partial charge >= 0.3 is 5.97 Å². The van der Waals surface area contributed by atoms with Gasteiger partial charge in [-0.2, -0.15) is 0 Å². The number of esters is 1. The average Bonchev–Trinajstić information content (AvgIpc) is 2.65. The summed E-state index contributed by atoms with van der Waals surface area (Å²) in [4.78, 5) is 19.7. The minimum absolute atomic E-state index is 0.145. The van der Waals surface area contributed by atoms with Crippen molar-refractivity contribution in [2.45, 2.75) is 3.67 Å². The molecule has 1 atom stereocenters. The van der Waals surface area contributed by atoms with Crippen LogP contribution in [-0.2, 0) is 9.53 Å². The summed E-state index contributed by atoms with van der Waals surface area (Å²) in [5.74, 6) is -0.296. The number of halogens is 1. The molecule has 1 aromatic heterocycles. The number of hydrogen-bond donors (Lipinski definition) is 1. The molecule has 0 saturated carbocycles. The van der Waals surface area contributed by atoms with Gasteiger partial charge in [-0.1, -0.05) is 0 Å². The lowest BCUT2D eigenvalue weighted by molar-refractivity contribution is -0.136. The van der Waals surface area contributed by atoms with Crippen molar-refractivity contribution in [3.05, 3.63) is 29.9 Å². The molecule has 2 N–H and O–H groups in total. The highest BCUT2D eigenvalue weighted by Gasteiger charge is 2.41. The summed E-state index contributed by atoms with van der Waals surface area (Å²) in [6, 6.07) is 1.66. The Hall–Kier alpha value is -1.42. The number of carbonyl (C=O) groups excluding carboxylic acids is 1. The van der Waals surface area contributed by atoms with Crippen molar-refractivity contribution < 1.29 is 9.53 Å². The monoisotopic (exact) mass is 345 g/mol. The summed E-state index contributed by atoms with van der Waals surface area (Å²) >= 11 is 1.81. The Morgan fingerprint density at radius 3 is 2.71 bits per heavy atom. The molecule has 0 amide bonds. The normalized spacial score (nSPS) is 23.0. The molecular weight excluding hydrogens is 337 g/mol. The number of carbonyl (C=O) groups is 1. The standard InChI is InChI=1S/C9H8IN5O2/c1-17-8(16)5-6(14-15-9(5,10)11)7-12-3-2-4-13-7/h2-4H,11H2,1H3. The van der Waals surface area contributed by atoms with E-state index in [9.17, 15) is 4.79 Å². The molecule has 0 aliphatic carbocycles.